The zero-order valence-corrected chi connectivity index (χ0v) is 14.1. The Bertz CT molecular complexity index is 552. The molecule has 0 radical (unpaired) electrons. The number of phenolic OH excluding ortho intramolecular Hbond substituents is 1. The van der Waals surface area contributed by atoms with Crippen molar-refractivity contribution in [1.29, 1.82) is 0 Å². The number of aromatic nitrogens is 1. The number of para-hydroxylation sites is 1. The van der Waals surface area contributed by atoms with E-state index >= 15 is 0 Å². The van der Waals surface area contributed by atoms with E-state index in [4.69, 9.17) is 0 Å². The molecule has 4 nitrogen and oxygen atoms in total. The minimum Gasteiger partial charge on any atom is -0.506 e. The smallest absolute Gasteiger partial charge is 0.141 e. The predicted molar refractivity (Wildman–Crippen MR) is 69.4 cm³/mol. The summed E-state index contributed by atoms with van der Waals surface area (Å²) in [5.41, 5.74) is 0.662. The largest absolute Gasteiger partial charge is 0.506 e. The van der Waals surface area contributed by atoms with Gasteiger partial charge in [0.25, 0.3) is 0 Å². The van der Waals surface area contributed by atoms with Crippen LogP contribution in [0.2, 0.25) is 0 Å². The van der Waals surface area contributed by atoms with Gasteiger partial charge in [-0.2, -0.15) is 0 Å². The standard InChI is InChI=1S/C9H7NO.C5H8O2.Zn/c11-8-5-1-3-7-4-2-6-10-9(7)8;1-4(6)3-5(2)7;/h1-6,11H;3H2,1-2H3;. The van der Waals surface area contributed by atoms with Crippen molar-refractivity contribution in [3.05, 3.63) is 36.5 Å². The number of phenols is 1. The fourth-order valence-electron chi connectivity index (χ4n) is 1.44. The number of hydrogen-bond acceptors (Lipinski definition) is 4. The molecule has 0 unspecified atom stereocenters. The van der Waals surface area contributed by atoms with Crippen molar-refractivity contribution < 1.29 is 34.2 Å². The van der Waals surface area contributed by atoms with Crippen molar-refractivity contribution in [2.24, 2.45) is 0 Å². The number of fused-ring (bicyclic) bond motifs is 1. The van der Waals surface area contributed by atoms with Crippen LogP contribution in [0.15, 0.2) is 36.5 Å². The predicted octanol–water partition coefficient (Wildman–Crippen LogP) is 2.49. The topological polar surface area (TPSA) is 67.3 Å². The molecule has 5 heteroatoms. The summed E-state index contributed by atoms with van der Waals surface area (Å²) in [5.74, 6) is 0.114. The first-order valence-corrected chi connectivity index (χ1v) is 5.52. The van der Waals surface area contributed by atoms with Crippen LogP contribution in [-0.4, -0.2) is 21.7 Å². The molecule has 0 fully saturated rings. The van der Waals surface area contributed by atoms with Gasteiger partial charge in [0.15, 0.2) is 0 Å². The SMILES string of the molecule is CC(=O)CC(C)=O.Oc1cccc2cccnc12.[Zn]. The molecule has 0 aliphatic heterocycles. The Kier molecular flexibility index (Phi) is 7.77. The van der Waals surface area contributed by atoms with E-state index in [9.17, 15) is 14.7 Å². The van der Waals surface area contributed by atoms with Gasteiger partial charge in [-0.1, -0.05) is 18.2 Å². The second-order valence-corrected chi connectivity index (χ2v) is 3.93. The number of carbonyl (C=O) groups excluding carboxylic acids is 2. The molecule has 0 spiro atoms. The Hall–Kier alpha value is -1.61. The zero-order chi connectivity index (χ0) is 13.5. The van der Waals surface area contributed by atoms with Crippen LogP contribution in [0.1, 0.15) is 20.3 Å². The number of ketones is 2. The summed E-state index contributed by atoms with van der Waals surface area (Å²) in [6.45, 7) is 2.81. The Morgan fingerprint density at radius 1 is 1.11 bits per heavy atom. The van der Waals surface area contributed by atoms with E-state index < -0.39 is 0 Å². The third-order valence-electron chi connectivity index (χ3n) is 2.11. The Morgan fingerprint density at radius 3 is 2.16 bits per heavy atom. The first-order valence-electron chi connectivity index (χ1n) is 5.52. The van der Waals surface area contributed by atoms with Crippen LogP contribution in [0.5, 0.6) is 5.75 Å². The van der Waals surface area contributed by atoms with Crippen LogP contribution >= 0.6 is 0 Å². The number of carbonyl (C=O) groups is 2. The maximum absolute atomic E-state index is 10.0. The van der Waals surface area contributed by atoms with Crippen LogP contribution in [0.4, 0.5) is 0 Å². The summed E-state index contributed by atoms with van der Waals surface area (Å²) in [5, 5.41) is 10.3. The second-order valence-electron chi connectivity index (χ2n) is 3.93. The molecule has 1 N–H and O–H groups in total. The Morgan fingerprint density at radius 2 is 1.68 bits per heavy atom. The molecule has 1 aromatic heterocycles. The summed E-state index contributed by atoms with van der Waals surface area (Å²) < 4.78 is 0. The number of hydrogen-bond donors (Lipinski definition) is 1. The van der Waals surface area contributed by atoms with Gasteiger partial charge >= 0.3 is 0 Å². The third kappa shape index (κ3) is 6.21. The summed E-state index contributed by atoms with van der Waals surface area (Å²) in [6.07, 6.45) is 1.75. The third-order valence-corrected chi connectivity index (χ3v) is 2.11. The van der Waals surface area contributed by atoms with Gasteiger partial charge in [0.2, 0.25) is 0 Å². The molecule has 0 atom stereocenters. The molecule has 0 aliphatic carbocycles. The maximum Gasteiger partial charge on any atom is 0.141 e. The van der Waals surface area contributed by atoms with E-state index in [0.717, 1.165) is 5.39 Å². The molecule has 1 heterocycles. The van der Waals surface area contributed by atoms with Gasteiger partial charge < -0.3 is 5.11 Å². The Labute approximate surface area is 124 Å². The van der Waals surface area contributed by atoms with E-state index in [-0.39, 0.29) is 43.2 Å². The second kappa shape index (κ2) is 8.49. The zero-order valence-electron chi connectivity index (χ0n) is 11.1. The molecule has 0 aliphatic rings. The molecule has 19 heavy (non-hydrogen) atoms. The van der Waals surface area contributed by atoms with Crippen molar-refractivity contribution >= 4 is 22.5 Å². The van der Waals surface area contributed by atoms with Gasteiger partial charge in [-0.25, -0.2) is 0 Å². The van der Waals surface area contributed by atoms with E-state index in [0.29, 0.717) is 5.52 Å². The molecular formula is C14H15NO3Zn. The molecule has 0 saturated carbocycles. The number of rotatable bonds is 2. The molecule has 0 amide bonds. The maximum atomic E-state index is 10.0. The minimum atomic E-state index is -0.0625. The number of nitrogens with zero attached hydrogens (tertiary/aromatic N) is 1. The van der Waals surface area contributed by atoms with E-state index in [2.05, 4.69) is 4.98 Å². The van der Waals surface area contributed by atoms with Gasteiger partial charge in [0.05, 0.1) is 6.42 Å². The molecule has 0 saturated heterocycles. The number of aromatic hydroxyl groups is 1. The van der Waals surface area contributed by atoms with Crippen molar-refractivity contribution in [1.82, 2.24) is 4.98 Å². The average Bonchev–Trinajstić information content (AvgIpc) is 2.29. The van der Waals surface area contributed by atoms with Gasteiger partial charge in [-0.05, 0) is 26.0 Å². The van der Waals surface area contributed by atoms with E-state index in [1.165, 1.54) is 13.8 Å². The van der Waals surface area contributed by atoms with E-state index in [1.54, 1.807) is 18.3 Å². The van der Waals surface area contributed by atoms with Crippen molar-refractivity contribution in [2.75, 3.05) is 0 Å². The van der Waals surface area contributed by atoms with Crippen molar-refractivity contribution in [3.63, 3.8) is 0 Å². The van der Waals surface area contributed by atoms with Gasteiger partial charge in [-0.15, -0.1) is 0 Å². The number of pyridine rings is 1. The monoisotopic (exact) mass is 309 g/mol. The normalized spacial score (nSPS) is 8.95. The fraction of sp³-hybridized carbons (Fsp3) is 0.214. The van der Waals surface area contributed by atoms with Gasteiger partial charge in [-0.3, -0.25) is 14.6 Å². The molecule has 96 valence electrons. The van der Waals surface area contributed by atoms with Crippen molar-refractivity contribution in [2.45, 2.75) is 20.3 Å². The van der Waals surface area contributed by atoms with Crippen molar-refractivity contribution in [3.8, 4) is 5.75 Å². The summed E-state index contributed by atoms with van der Waals surface area (Å²) in [6, 6.07) is 9.13. The van der Waals surface area contributed by atoms with Gasteiger partial charge in [0.1, 0.15) is 22.8 Å². The molecule has 2 rings (SSSR count). The first kappa shape index (κ1) is 17.4. The molecular weight excluding hydrogens is 296 g/mol. The first-order chi connectivity index (χ1) is 8.50. The molecule has 1 aromatic carbocycles. The molecule has 0 bridgehead atoms. The fourth-order valence-corrected chi connectivity index (χ4v) is 1.44. The van der Waals surface area contributed by atoms with Crippen LogP contribution in [0, 0.1) is 0 Å². The van der Waals surface area contributed by atoms with Crippen LogP contribution < -0.4 is 0 Å². The Balaban J connectivity index is 0.000000360. The molecule has 2 aromatic rings. The number of Topliss-reactive ketones (excluding diaryl/α,β-unsaturated/α-hetero) is 2. The van der Waals surface area contributed by atoms with Crippen LogP contribution in [0.25, 0.3) is 10.9 Å². The average molecular weight is 311 g/mol. The number of benzene rings is 1. The summed E-state index contributed by atoms with van der Waals surface area (Å²) >= 11 is 0. The minimum absolute atomic E-state index is 0. The van der Waals surface area contributed by atoms with E-state index in [1.807, 2.05) is 18.2 Å². The van der Waals surface area contributed by atoms with Crippen LogP contribution in [-0.2, 0) is 29.1 Å². The summed E-state index contributed by atoms with van der Waals surface area (Å²) in [7, 11) is 0. The summed E-state index contributed by atoms with van der Waals surface area (Å²) in [4.78, 5) is 24.1. The van der Waals surface area contributed by atoms with Crippen LogP contribution in [0.3, 0.4) is 0 Å². The van der Waals surface area contributed by atoms with Gasteiger partial charge in [0, 0.05) is 31.1 Å². The quantitative estimate of drug-likeness (QED) is 0.683.